The third-order valence-electron chi connectivity index (χ3n) is 3.49. The minimum atomic E-state index is -0.458. The van der Waals surface area contributed by atoms with Gasteiger partial charge in [0.25, 0.3) is 5.91 Å². The third-order valence-corrected chi connectivity index (χ3v) is 3.49. The number of ether oxygens (including phenoxy) is 1. The number of carbonyl (C=O) groups excluding carboxylic acids is 2. The predicted octanol–water partition coefficient (Wildman–Crippen LogP) is 2.52. The molecular formula is C19H19FN2O3. The lowest BCUT2D eigenvalue weighted by atomic mass is 10.1. The van der Waals surface area contributed by atoms with Gasteiger partial charge in [0.05, 0.1) is 7.11 Å². The number of nitrogens with one attached hydrogen (secondary N) is 2. The summed E-state index contributed by atoms with van der Waals surface area (Å²) in [7, 11) is 2.94. The van der Waals surface area contributed by atoms with Crippen LogP contribution in [0.4, 0.5) is 4.39 Å². The zero-order chi connectivity index (χ0) is 18.2. The highest BCUT2D eigenvalue weighted by molar-refractivity contribution is 5.94. The van der Waals surface area contributed by atoms with Crippen LogP contribution in [-0.2, 0) is 11.3 Å². The molecule has 2 aromatic rings. The van der Waals surface area contributed by atoms with E-state index < -0.39 is 5.82 Å². The van der Waals surface area contributed by atoms with Gasteiger partial charge in [-0.15, -0.1) is 0 Å². The summed E-state index contributed by atoms with van der Waals surface area (Å²) >= 11 is 0. The van der Waals surface area contributed by atoms with Crippen LogP contribution in [0.2, 0.25) is 0 Å². The van der Waals surface area contributed by atoms with Crippen LogP contribution in [-0.4, -0.2) is 26.0 Å². The van der Waals surface area contributed by atoms with E-state index in [0.717, 1.165) is 5.56 Å². The molecule has 0 aromatic heterocycles. The van der Waals surface area contributed by atoms with Crippen LogP contribution in [0.15, 0.2) is 48.5 Å². The lowest BCUT2D eigenvalue weighted by Gasteiger charge is -2.05. The summed E-state index contributed by atoms with van der Waals surface area (Å²) in [4.78, 5) is 23.5. The standard InChI is InChI=1S/C19H19FN2O3/c1-21-19(24)15-5-3-4-14(10-15)12-22-18(23)9-7-13-6-8-16(20)17(11-13)25-2/h3-11H,12H2,1-2H3,(H,21,24)(H,22,23)/b9-7+. The fourth-order valence-electron chi connectivity index (χ4n) is 2.17. The van der Waals surface area contributed by atoms with E-state index in [9.17, 15) is 14.0 Å². The molecule has 0 aliphatic heterocycles. The summed E-state index contributed by atoms with van der Waals surface area (Å²) in [5, 5.41) is 5.28. The monoisotopic (exact) mass is 342 g/mol. The van der Waals surface area contributed by atoms with E-state index in [1.807, 2.05) is 6.07 Å². The van der Waals surface area contributed by atoms with Crippen molar-refractivity contribution >= 4 is 17.9 Å². The van der Waals surface area contributed by atoms with E-state index in [0.29, 0.717) is 17.7 Å². The van der Waals surface area contributed by atoms with Crippen molar-refractivity contribution in [1.29, 1.82) is 0 Å². The molecule has 2 N–H and O–H groups in total. The topological polar surface area (TPSA) is 67.4 Å². The first-order valence-electron chi connectivity index (χ1n) is 7.64. The second kappa shape index (κ2) is 8.63. The Hall–Kier alpha value is -3.15. The number of amides is 2. The molecule has 0 saturated carbocycles. The summed E-state index contributed by atoms with van der Waals surface area (Å²) in [5.74, 6) is -0.819. The van der Waals surface area contributed by atoms with Gasteiger partial charge in [-0.25, -0.2) is 4.39 Å². The predicted molar refractivity (Wildman–Crippen MR) is 93.7 cm³/mol. The maximum absolute atomic E-state index is 13.3. The maximum atomic E-state index is 13.3. The third kappa shape index (κ3) is 5.17. The van der Waals surface area contributed by atoms with Gasteiger partial charge < -0.3 is 15.4 Å². The Morgan fingerprint density at radius 3 is 2.72 bits per heavy atom. The molecule has 0 fully saturated rings. The number of hydrogen-bond donors (Lipinski definition) is 2. The van der Waals surface area contributed by atoms with Crippen LogP contribution >= 0.6 is 0 Å². The fourth-order valence-corrected chi connectivity index (χ4v) is 2.17. The van der Waals surface area contributed by atoms with Gasteiger partial charge in [0.1, 0.15) is 0 Å². The van der Waals surface area contributed by atoms with Crippen molar-refractivity contribution < 1.29 is 18.7 Å². The number of benzene rings is 2. The molecule has 25 heavy (non-hydrogen) atoms. The zero-order valence-electron chi connectivity index (χ0n) is 14.0. The van der Waals surface area contributed by atoms with Crippen LogP contribution in [0, 0.1) is 5.82 Å². The van der Waals surface area contributed by atoms with E-state index in [4.69, 9.17) is 4.74 Å². The Morgan fingerprint density at radius 1 is 1.20 bits per heavy atom. The van der Waals surface area contributed by atoms with Crippen LogP contribution in [0.1, 0.15) is 21.5 Å². The maximum Gasteiger partial charge on any atom is 0.251 e. The second-order valence-electron chi connectivity index (χ2n) is 5.22. The molecule has 0 unspecified atom stereocenters. The zero-order valence-corrected chi connectivity index (χ0v) is 14.0. The van der Waals surface area contributed by atoms with Crippen molar-refractivity contribution in [2.24, 2.45) is 0 Å². The number of methoxy groups -OCH3 is 1. The van der Waals surface area contributed by atoms with Crippen molar-refractivity contribution in [3.8, 4) is 5.75 Å². The van der Waals surface area contributed by atoms with Gasteiger partial charge in [0.2, 0.25) is 5.91 Å². The van der Waals surface area contributed by atoms with Crippen LogP contribution in [0.25, 0.3) is 6.08 Å². The summed E-state index contributed by atoms with van der Waals surface area (Å²) in [6.07, 6.45) is 2.92. The molecular weight excluding hydrogens is 323 g/mol. The molecule has 0 heterocycles. The second-order valence-corrected chi connectivity index (χ2v) is 5.22. The molecule has 0 atom stereocenters. The smallest absolute Gasteiger partial charge is 0.251 e. The van der Waals surface area contributed by atoms with Crippen molar-refractivity contribution in [3.63, 3.8) is 0 Å². The summed E-state index contributed by atoms with van der Waals surface area (Å²) < 4.78 is 18.2. The SMILES string of the molecule is CNC(=O)c1cccc(CNC(=O)/C=C/c2ccc(F)c(OC)c2)c1. The summed E-state index contributed by atoms with van der Waals surface area (Å²) in [6, 6.07) is 11.3. The van der Waals surface area contributed by atoms with Crippen LogP contribution in [0.3, 0.4) is 0 Å². The molecule has 6 heteroatoms. The Balaban J connectivity index is 1.95. The Morgan fingerprint density at radius 2 is 2.00 bits per heavy atom. The van der Waals surface area contributed by atoms with Gasteiger partial charge in [-0.05, 0) is 41.5 Å². The molecule has 2 aromatic carbocycles. The van der Waals surface area contributed by atoms with E-state index in [-0.39, 0.29) is 17.6 Å². The van der Waals surface area contributed by atoms with Gasteiger partial charge in [-0.1, -0.05) is 18.2 Å². The quantitative estimate of drug-likeness (QED) is 0.793. The highest BCUT2D eigenvalue weighted by Crippen LogP contribution is 2.18. The first-order chi connectivity index (χ1) is 12.0. The highest BCUT2D eigenvalue weighted by Gasteiger charge is 2.05. The van der Waals surface area contributed by atoms with E-state index in [1.165, 1.54) is 25.3 Å². The molecule has 0 aliphatic rings. The highest BCUT2D eigenvalue weighted by atomic mass is 19.1. The van der Waals surface area contributed by atoms with Crippen molar-refractivity contribution in [3.05, 3.63) is 71.0 Å². The first kappa shape index (κ1) is 18.2. The minimum absolute atomic E-state index is 0.119. The van der Waals surface area contributed by atoms with Crippen molar-refractivity contribution in [1.82, 2.24) is 10.6 Å². The number of rotatable bonds is 6. The molecule has 2 amide bonds. The Labute approximate surface area is 145 Å². The van der Waals surface area contributed by atoms with E-state index in [1.54, 1.807) is 37.4 Å². The van der Waals surface area contributed by atoms with Gasteiger partial charge in [-0.2, -0.15) is 0 Å². The summed E-state index contributed by atoms with van der Waals surface area (Å²) in [5.41, 5.74) is 1.99. The first-order valence-corrected chi connectivity index (χ1v) is 7.64. The normalized spacial score (nSPS) is 10.5. The minimum Gasteiger partial charge on any atom is -0.494 e. The van der Waals surface area contributed by atoms with Gasteiger partial charge >= 0.3 is 0 Å². The van der Waals surface area contributed by atoms with Crippen molar-refractivity contribution in [2.75, 3.05) is 14.2 Å². The summed E-state index contributed by atoms with van der Waals surface area (Å²) in [6.45, 7) is 0.292. The number of halogens is 1. The molecule has 0 spiro atoms. The molecule has 130 valence electrons. The van der Waals surface area contributed by atoms with Gasteiger partial charge in [0, 0.05) is 25.2 Å². The molecule has 0 bridgehead atoms. The van der Waals surface area contributed by atoms with Crippen LogP contribution < -0.4 is 15.4 Å². The van der Waals surface area contributed by atoms with Gasteiger partial charge in [0.15, 0.2) is 11.6 Å². The number of carbonyl (C=O) groups is 2. The van der Waals surface area contributed by atoms with E-state index in [2.05, 4.69) is 10.6 Å². The average Bonchev–Trinajstić information content (AvgIpc) is 2.65. The Kier molecular flexibility index (Phi) is 6.28. The molecule has 5 nitrogen and oxygen atoms in total. The molecule has 0 radical (unpaired) electrons. The fraction of sp³-hybridized carbons (Fsp3) is 0.158. The largest absolute Gasteiger partial charge is 0.494 e. The lowest BCUT2D eigenvalue weighted by molar-refractivity contribution is -0.116. The van der Waals surface area contributed by atoms with Crippen LogP contribution in [0.5, 0.6) is 5.75 Å². The molecule has 0 saturated heterocycles. The van der Waals surface area contributed by atoms with Crippen molar-refractivity contribution in [2.45, 2.75) is 6.54 Å². The lowest BCUT2D eigenvalue weighted by Crippen LogP contribution is -2.21. The van der Waals surface area contributed by atoms with E-state index >= 15 is 0 Å². The molecule has 2 rings (SSSR count). The Bertz CT molecular complexity index is 803. The molecule has 0 aliphatic carbocycles. The average molecular weight is 342 g/mol. The van der Waals surface area contributed by atoms with Gasteiger partial charge in [-0.3, -0.25) is 9.59 Å². The number of hydrogen-bond acceptors (Lipinski definition) is 3.